The molecular weight excluding hydrogens is 224 g/mol. The van der Waals surface area contributed by atoms with Gasteiger partial charge in [0.1, 0.15) is 0 Å². The minimum absolute atomic E-state index is 0.461. The van der Waals surface area contributed by atoms with Crippen LogP contribution >= 0.6 is 0 Å². The molecule has 96 valence electrons. The molecule has 0 bridgehead atoms. The average molecular weight is 244 g/mol. The molecule has 1 atom stereocenters. The van der Waals surface area contributed by atoms with Gasteiger partial charge >= 0.3 is 0 Å². The van der Waals surface area contributed by atoms with Gasteiger partial charge in [-0.15, -0.1) is 0 Å². The van der Waals surface area contributed by atoms with Gasteiger partial charge in [0.15, 0.2) is 0 Å². The molecule has 1 aliphatic rings. The molecule has 1 aliphatic carbocycles. The number of aromatic nitrogens is 2. The third-order valence-corrected chi connectivity index (χ3v) is 4.02. The highest BCUT2D eigenvalue weighted by atomic mass is 16.3. The van der Waals surface area contributed by atoms with Crippen molar-refractivity contribution in [1.82, 2.24) is 9.78 Å². The van der Waals surface area contributed by atoms with Crippen molar-refractivity contribution in [3.8, 4) is 0 Å². The third kappa shape index (κ3) is 1.93. The molecular formula is C15H20N2O. The van der Waals surface area contributed by atoms with Crippen LogP contribution in [0.3, 0.4) is 0 Å². The predicted molar refractivity (Wildman–Crippen MR) is 72.5 cm³/mol. The number of fused-ring (bicyclic) bond motifs is 1. The molecule has 3 nitrogen and oxygen atoms in total. The second kappa shape index (κ2) is 4.09. The first-order valence-corrected chi connectivity index (χ1v) is 6.78. The number of hydrogen-bond donors (Lipinski definition) is 1. The van der Waals surface area contributed by atoms with E-state index in [1.165, 1.54) is 10.9 Å². The Morgan fingerprint density at radius 2 is 2.11 bits per heavy atom. The molecule has 18 heavy (non-hydrogen) atoms. The lowest BCUT2D eigenvalue weighted by Gasteiger charge is -2.21. The summed E-state index contributed by atoms with van der Waals surface area (Å²) in [5.41, 5.74) is 1.60. The molecule has 3 heteroatoms. The zero-order chi connectivity index (χ0) is 12.8. The maximum absolute atomic E-state index is 10.5. The molecule has 0 amide bonds. The number of para-hydroxylation sites is 1. The number of rotatable bonds is 4. The monoisotopic (exact) mass is 244 g/mol. The van der Waals surface area contributed by atoms with E-state index in [1.54, 1.807) is 0 Å². The summed E-state index contributed by atoms with van der Waals surface area (Å²) in [4.78, 5) is 0. The van der Waals surface area contributed by atoms with Gasteiger partial charge < -0.3 is 5.11 Å². The zero-order valence-electron chi connectivity index (χ0n) is 11.1. The summed E-state index contributed by atoms with van der Waals surface area (Å²) in [6, 6.07) is 8.28. The molecule has 1 fully saturated rings. The summed E-state index contributed by atoms with van der Waals surface area (Å²) in [6.07, 6.45) is 2.96. The van der Waals surface area contributed by atoms with Crippen LogP contribution in [0.1, 0.15) is 32.4 Å². The first-order valence-electron chi connectivity index (χ1n) is 6.78. The van der Waals surface area contributed by atoms with Crippen molar-refractivity contribution in [3.05, 3.63) is 30.0 Å². The maximum atomic E-state index is 10.5. The summed E-state index contributed by atoms with van der Waals surface area (Å²) in [5.74, 6) is 0.461. The average Bonchev–Trinajstić information content (AvgIpc) is 3.15. The molecule has 1 unspecified atom stereocenters. The van der Waals surface area contributed by atoms with Crippen LogP contribution in [0.5, 0.6) is 0 Å². The molecule has 1 N–H and O–H groups in total. The van der Waals surface area contributed by atoms with E-state index in [0.29, 0.717) is 12.3 Å². The fraction of sp³-hybridized carbons (Fsp3) is 0.533. The Hall–Kier alpha value is -1.35. The molecule has 2 aromatic rings. The lowest BCUT2D eigenvalue weighted by molar-refractivity contribution is 0.0364. The molecule has 1 aromatic heterocycles. The van der Waals surface area contributed by atoms with Crippen LogP contribution in [0.25, 0.3) is 10.9 Å². The number of nitrogens with zero attached hydrogens (tertiary/aromatic N) is 2. The molecule has 1 saturated carbocycles. The Morgan fingerprint density at radius 1 is 1.39 bits per heavy atom. The van der Waals surface area contributed by atoms with Crippen LogP contribution in [0, 0.1) is 5.92 Å². The van der Waals surface area contributed by atoms with Gasteiger partial charge in [-0.1, -0.05) is 18.2 Å². The van der Waals surface area contributed by atoms with Gasteiger partial charge in [-0.3, -0.25) is 4.68 Å². The number of hydrogen-bond acceptors (Lipinski definition) is 2. The first-order chi connectivity index (χ1) is 8.62. The van der Waals surface area contributed by atoms with E-state index in [9.17, 15) is 5.11 Å². The van der Waals surface area contributed by atoms with Crippen molar-refractivity contribution in [2.75, 3.05) is 0 Å². The standard InChI is InChI=1S/C15H20N2O/c1-3-17-14-7-5-4-6-12(14)13(16-17)10-15(2,18)11-8-9-11/h4-7,11,18H,3,8-10H2,1-2H3. The Balaban J connectivity index is 2.01. The van der Waals surface area contributed by atoms with Crippen molar-refractivity contribution < 1.29 is 5.11 Å². The van der Waals surface area contributed by atoms with Gasteiger partial charge in [0.2, 0.25) is 0 Å². The van der Waals surface area contributed by atoms with E-state index in [4.69, 9.17) is 0 Å². The minimum atomic E-state index is -0.601. The normalized spacial score (nSPS) is 19.1. The Morgan fingerprint density at radius 3 is 2.78 bits per heavy atom. The van der Waals surface area contributed by atoms with Crippen LogP contribution in [0.2, 0.25) is 0 Å². The number of aliphatic hydroxyl groups is 1. The summed E-state index contributed by atoms with van der Waals surface area (Å²) < 4.78 is 2.02. The lowest BCUT2D eigenvalue weighted by atomic mass is 9.93. The third-order valence-electron chi connectivity index (χ3n) is 4.02. The summed E-state index contributed by atoms with van der Waals surface area (Å²) in [5, 5.41) is 16.3. The number of aryl methyl sites for hydroxylation is 1. The lowest BCUT2D eigenvalue weighted by Crippen LogP contribution is -2.30. The largest absolute Gasteiger partial charge is 0.389 e. The smallest absolute Gasteiger partial charge is 0.0731 e. The van der Waals surface area contributed by atoms with E-state index >= 15 is 0 Å². The highest BCUT2D eigenvalue weighted by Gasteiger charge is 2.40. The highest BCUT2D eigenvalue weighted by molar-refractivity contribution is 5.82. The Bertz CT molecular complexity index is 567. The highest BCUT2D eigenvalue weighted by Crippen LogP contribution is 2.41. The van der Waals surface area contributed by atoms with Crippen molar-refractivity contribution in [2.24, 2.45) is 5.92 Å². The predicted octanol–water partition coefficient (Wildman–Crippen LogP) is 2.76. The maximum Gasteiger partial charge on any atom is 0.0731 e. The minimum Gasteiger partial charge on any atom is -0.389 e. The van der Waals surface area contributed by atoms with Crippen LogP contribution in [-0.4, -0.2) is 20.5 Å². The van der Waals surface area contributed by atoms with Crippen LogP contribution < -0.4 is 0 Å². The zero-order valence-corrected chi connectivity index (χ0v) is 11.1. The molecule has 1 aromatic carbocycles. The Kier molecular flexibility index (Phi) is 2.67. The second-order valence-electron chi connectivity index (χ2n) is 5.59. The Labute approximate surface area is 107 Å². The molecule has 3 rings (SSSR count). The van der Waals surface area contributed by atoms with Gasteiger partial charge in [-0.2, -0.15) is 5.10 Å². The van der Waals surface area contributed by atoms with Gasteiger partial charge in [0.25, 0.3) is 0 Å². The second-order valence-corrected chi connectivity index (χ2v) is 5.59. The quantitative estimate of drug-likeness (QED) is 0.898. The molecule has 1 heterocycles. The van der Waals surface area contributed by atoms with Crippen molar-refractivity contribution in [1.29, 1.82) is 0 Å². The fourth-order valence-corrected chi connectivity index (χ4v) is 2.76. The SMILES string of the molecule is CCn1nc(CC(C)(O)C2CC2)c2ccccc21. The van der Waals surface area contributed by atoms with E-state index in [2.05, 4.69) is 24.2 Å². The van der Waals surface area contributed by atoms with Crippen molar-refractivity contribution in [2.45, 2.75) is 45.3 Å². The van der Waals surface area contributed by atoms with Crippen LogP contribution in [0.4, 0.5) is 0 Å². The summed E-state index contributed by atoms with van der Waals surface area (Å²) in [6.45, 7) is 4.92. The first kappa shape index (κ1) is 11.7. The molecule has 0 spiro atoms. The van der Waals surface area contributed by atoms with Gasteiger partial charge in [0.05, 0.1) is 16.8 Å². The van der Waals surface area contributed by atoms with Gasteiger partial charge in [-0.25, -0.2) is 0 Å². The van der Waals surface area contributed by atoms with E-state index in [1.807, 2.05) is 23.7 Å². The van der Waals surface area contributed by atoms with Crippen molar-refractivity contribution in [3.63, 3.8) is 0 Å². The fourth-order valence-electron chi connectivity index (χ4n) is 2.76. The topological polar surface area (TPSA) is 38.0 Å². The van der Waals surface area contributed by atoms with Crippen LogP contribution in [0.15, 0.2) is 24.3 Å². The van der Waals surface area contributed by atoms with Crippen molar-refractivity contribution >= 4 is 10.9 Å². The molecule has 0 radical (unpaired) electrons. The van der Waals surface area contributed by atoms with E-state index in [-0.39, 0.29) is 0 Å². The van der Waals surface area contributed by atoms with Gasteiger partial charge in [-0.05, 0) is 38.7 Å². The van der Waals surface area contributed by atoms with E-state index in [0.717, 1.165) is 25.1 Å². The van der Waals surface area contributed by atoms with Gasteiger partial charge in [0, 0.05) is 18.4 Å². The van der Waals surface area contributed by atoms with Crippen LogP contribution in [-0.2, 0) is 13.0 Å². The van der Waals surface area contributed by atoms with E-state index < -0.39 is 5.60 Å². The molecule has 0 aliphatic heterocycles. The number of benzene rings is 1. The summed E-state index contributed by atoms with van der Waals surface area (Å²) >= 11 is 0. The molecule has 0 saturated heterocycles. The summed E-state index contributed by atoms with van der Waals surface area (Å²) in [7, 11) is 0.